The van der Waals surface area contributed by atoms with E-state index in [0.29, 0.717) is 23.6 Å². The van der Waals surface area contributed by atoms with Gasteiger partial charge < -0.3 is 14.8 Å². The molecular formula is C19H20BrNO4. The van der Waals surface area contributed by atoms with Gasteiger partial charge in [0.25, 0.3) is 5.91 Å². The van der Waals surface area contributed by atoms with E-state index in [0.717, 1.165) is 10.0 Å². The van der Waals surface area contributed by atoms with Gasteiger partial charge in [0.05, 0.1) is 7.11 Å². The maximum absolute atomic E-state index is 12.3. The second kappa shape index (κ2) is 8.67. The zero-order valence-electron chi connectivity index (χ0n) is 14.3. The smallest absolute Gasteiger partial charge is 0.261 e. The Balaban J connectivity index is 1.98. The van der Waals surface area contributed by atoms with Crippen LogP contribution in [0.15, 0.2) is 46.9 Å². The largest absolute Gasteiger partial charge is 0.496 e. The van der Waals surface area contributed by atoms with Gasteiger partial charge in [0.15, 0.2) is 11.9 Å². The van der Waals surface area contributed by atoms with E-state index in [9.17, 15) is 9.59 Å². The van der Waals surface area contributed by atoms with E-state index in [1.165, 1.54) is 6.92 Å². The molecule has 25 heavy (non-hydrogen) atoms. The maximum Gasteiger partial charge on any atom is 0.261 e. The van der Waals surface area contributed by atoms with Crippen molar-refractivity contribution in [2.24, 2.45) is 0 Å². The second-order valence-corrected chi connectivity index (χ2v) is 6.43. The number of halogens is 1. The maximum atomic E-state index is 12.3. The lowest BCUT2D eigenvalue weighted by molar-refractivity contribution is -0.127. The number of amides is 1. The van der Waals surface area contributed by atoms with Crippen molar-refractivity contribution < 1.29 is 19.1 Å². The predicted octanol–water partition coefficient (Wildman–Crippen LogP) is 3.74. The third kappa shape index (κ3) is 5.32. The summed E-state index contributed by atoms with van der Waals surface area (Å²) >= 11 is 3.40. The van der Waals surface area contributed by atoms with Crippen LogP contribution in [0.2, 0.25) is 0 Å². The van der Waals surface area contributed by atoms with Gasteiger partial charge in [0.1, 0.15) is 11.5 Å². The van der Waals surface area contributed by atoms with Crippen molar-refractivity contribution in [3.8, 4) is 11.5 Å². The molecule has 0 radical (unpaired) electrons. The molecule has 0 aliphatic rings. The molecule has 0 heterocycles. The highest BCUT2D eigenvalue weighted by Crippen LogP contribution is 2.23. The Hall–Kier alpha value is -2.34. The molecule has 0 fully saturated rings. The molecule has 1 N–H and O–H groups in total. The summed E-state index contributed by atoms with van der Waals surface area (Å²) in [7, 11) is 1.59. The van der Waals surface area contributed by atoms with Crippen molar-refractivity contribution >= 4 is 27.6 Å². The Bertz CT molecular complexity index is 776. The minimum absolute atomic E-state index is 0.0516. The first kappa shape index (κ1) is 19.0. The number of ether oxygens (including phenoxy) is 2. The number of nitrogens with one attached hydrogen (secondary N) is 1. The summed E-state index contributed by atoms with van der Waals surface area (Å²) < 4.78 is 11.8. The van der Waals surface area contributed by atoms with Crippen LogP contribution < -0.4 is 14.8 Å². The number of benzene rings is 2. The van der Waals surface area contributed by atoms with Crippen LogP contribution in [0.5, 0.6) is 11.5 Å². The molecule has 1 amide bonds. The molecule has 1 unspecified atom stereocenters. The highest BCUT2D eigenvalue weighted by Gasteiger charge is 2.16. The van der Waals surface area contributed by atoms with Crippen molar-refractivity contribution in [1.82, 2.24) is 5.32 Å². The van der Waals surface area contributed by atoms with E-state index in [-0.39, 0.29) is 11.7 Å². The van der Waals surface area contributed by atoms with Gasteiger partial charge in [-0.3, -0.25) is 9.59 Å². The van der Waals surface area contributed by atoms with Gasteiger partial charge in [-0.1, -0.05) is 28.1 Å². The first-order chi connectivity index (χ1) is 11.9. The monoisotopic (exact) mass is 405 g/mol. The van der Waals surface area contributed by atoms with Crippen LogP contribution in [-0.2, 0) is 11.3 Å². The Kier molecular flexibility index (Phi) is 6.58. The van der Waals surface area contributed by atoms with Gasteiger partial charge in [-0.15, -0.1) is 0 Å². The summed E-state index contributed by atoms with van der Waals surface area (Å²) in [4.78, 5) is 23.7. The summed E-state index contributed by atoms with van der Waals surface area (Å²) in [6.07, 6.45) is -0.694. The fourth-order valence-electron chi connectivity index (χ4n) is 2.26. The number of ketones is 1. The molecule has 0 saturated heterocycles. The van der Waals surface area contributed by atoms with E-state index < -0.39 is 6.10 Å². The second-order valence-electron chi connectivity index (χ2n) is 5.52. The first-order valence-electron chi connectivity index (χ1n) is 7.78. The quantitative estimate of drug-likeness (QED) is 0.712. The lowest BCUT2D eigenvalue weighted by Crippen LogP contribution is -2.36. The van der Waals surface area contributed by atoms with Gasteiger partial charge in [-0.2, -0.15) is 0 Å². The number of Topliss-reactive ketones (excluding diaryl/α,β-unsaturated/α-hetero) is 1. The Morgan fingerprint density at radius 3 is 2.64 bits per heavy atom. The minimum Gasteiger partial charge on any atom is -0.496 e. The molecule has 132 valence electrons. The number of carbonyl (C=O) groups is 2. The van der Waals surface area contributed by atoms with Gasteiger partial charge in [-0.05, 0) is 44.2 Å². The van der Waals surface area contributed by atoms with Crippen LogP contribution in [0.4, 0.5) is 0 Å². The topological polar surface area (TPSA) is 64.6 Å². The van der Waals surface area contributed by atoms with Gasteiger partial charge in [-0.25, -0.2) is 0 Å². The van der Waals surface area contributed by atoms with E-state index >= 15 is 0 Å². The number of rotatable bonds is 7. The fraction of sp³-hybridized carbons (Fsp3) is 0.263. The summed E-state index contributed by atoms with van der Waals surface area (Å²) in [5.74, 6) is 0.876. The van der Waals surface area contributed by atoms with Gasteiger partial charge in [0.2, 0.25) is 0 Å². The molecule has 0 aromatic heterocycles. The summed E-state index contributed by atoms with van der Waals surface area (Å²) in [5, 5.41) is 2.83. The molecule has 2 rings (SSSR count). The third-order valence-electron chi connectivity index (χ3n) is 3.62. The minimum atomic E-state index is -0.694. The lowest BCUT2D eigenvalue weighted by Gasteiger charge is -2.16. The van der Waals surface area contributed by atoms with E-state index in [4.69, 9.17) is 9.47 Å². The molecule has 0 bridgehead atoms. The highest BCUT2D eigenvalue weighted by molar-refractivity contribution is 9.10. The van der Waals surface area contributed by atoms with Crippen LogP contribution in [0.3, 0.4) is 0 Å². The molecule has 0 aliphatic carbocycles. The Morgan fingerprint density at radius 2 is 1.96 bits per heavy atom. The zero-order valence-corrected chi connectivity index (χ0v) is 15.9. The molecule has 0 saturated carbocycles. The van der Waals surface area contributed by atoms with Crippen molar-refractivity contribution in [2.75, 3.05) is 7.11 Å². The molecular weight excluding hydrogens is 386 g/mol. The van der Waals surface area contributed by atoms with Crippen LogP contribution in [0.1, 0.15) is 29.8 Å². The van der Waals surface area contributed by atoms with Crippen LogP contribution in [0, 0.1) is 0 Å². The number of hydrogen-bond acceptors (Lipinski definition) is 4. The van der Waals surface area contributed by atoms with Crippen LogP contribution >= 0.6 is 15.9 Å². The number of methoxy groups -OCH3 is 1. The number of hydrogen-bond donors (Lipinski definition) is 1. The Morgan fingerprint density at radius 1 is 1.20 bits per heavy atom. The van der Waals surface area contributed by atoms with Crippen molar-refractivity contribution in [3.05, 3.63) is 58.1 Å². The molecule has 1 atom stereocenters. The van der Waals surface area contributed by atoms with Crippen LogP contribution in [0.25, 0.3) is 0 Å². The normalized spacial score (nSPS) is 11.5. The molecule has 0 spiro atoms. The van der Waals surface area contributed by atoms with Crippen molar-refractivity contribution in [2.45, 2.75) is 26.5 Å². The van der Waals surface area contributed by atoms with Crippen molar-refractivity contribution in [3.63, 3.8) is 0 Å². The molecule has 6 heteroatoms. The van der Waals surface area contributed by atoms with Gasteiger partial charge >= 0.3 is 0 Å². The fourth-order valence-corrected chi connectivity index (χ4v) is 2.67. The molecule has 0 aliphatic heterocycles. The lowest BCUT2D eigenvalue weighted by atomic mass is 10.1. The molecule has 5 nitrogen and oxygen atoms in total. The first-order valence-corrected chi connectivity index (χ1v) is 8.57. The average molecular weight is 406 g/mol. The average Bonchev–Trinajstić information content (AvgIpc) is 2.59. The standard InChI is InChI=1S/C19H20BrNO4/c1-12(22)14-5-4-6-17(10-14)25-13(2)19(23)21-11-15-9-16(20)7-8-18(15)24-3/h4-10,13H,11H2,1-3H3,(H,21,23). The van der Waals surface area contributed by atoms with E-state index in [2.05, 4.69) is 21.2 Å². The summed E-state index contributed by atoms with van der Waals surface area (Å²) in [5.41, 5.74) is 1.40. The molecule has 2 aromatic carbocycles. The SMILES string of the molecule is COc1ccc(Br)cc1CNC(=O)C(C)Oc1cccc(C(C)=O)c1. The van der Waals surface area contributed by atoms with E-state index in [1.807, 2.05) is 18.2 Å². The van der Waals surface area contributed by atoms with Crippen LogP contribution in [-0.4, -0.2) is 24.9 Å². The zero-order chi connectivity index (χ0) is 18.4. The third-order valence-corrected chi connectivity index (χ3v) is 4.11. The van der Waals surface area contributed by atoms with E-state index in [1.54, 1.807) is 38.3 Å². The summed E-state index contributed by atoms with van der Waals surface area (Å²) in [6.45, 7) is 3.47. The van der Waals surface area contributed by atoms with Gasteiger partial charge in [0, 0.05) is 22.1 Å². The highest BCUT2D eigenvalue weighted by atomic mass is 79.9. The van der Waals surface area contributed by atoms with Crippen molar-refractivity contribution in [1.29, 1.82) is 0 Å². The summed E-state index contributed by atoms with van der Waals surface area (Å²) in [6, 6.07) is 12.4. The molecule has 2 aromatic rings. The predicted molar refractivity (Wildman–Crippen MR) is 99.1 cm³/mol. The Labute approximate surface area is 155 Å². The number of carbonyl (C=O) groups excluding carboxylic acids is 2.